The highest BCUT2D eigenvalue weighted by Crippen LogP contribution is 2.19. The molecule has 2 N–H and O–H groups in total. The fourth-order valence-electron chi connectivity index (χ4n) is 2.91. The molecule has 0 amide bonds. The lowest BCUT2D eigenvalue weighted by Gasteiger charge is -2.09. The maximum Gasteiger partial charge on any atom is 0.163 e. The highest BCUT2D eigenvalue weighted by Gasteiger charge is 2.09. The fourth-order valence-corrected chi connectivity index (χ4v) is 2.91. The number of rotatable bonds is 7. The Hall–Kier alpha value is -3.26. The van der Waals surface area contributed by atoms with Gasteiger partial charge in [0, 0.05) is 25.5 Å². The Morgan fingerprint density at radius 3 is 2.92 bits per heavy atom. The van der Waals surface area contributed by atoms with Gasteiger partial charge in [0.2, 0.25) is 0 Å². The van der Waals surface area contributed by atoms with E-state index < -0.39 is 0 Å². The lowest BCUT2D eigenvalue weighted by molar-refractivity contribution is 0.271. The number of aliphatic hydroxyl groups is 1. The van der Waals surface area contributed by atoms with E-state index in [0.717, 1.165) is 23.3 Å². The molecule has 0 saturated carbocycles. The number of anilines is 1. The summed E-state index contributed by atoms with van der Waals surface area (Å²) < 4.78 is 3.71. The molecule has 0 atom stereocenters. The van der Waals surface area contributed by atoms with Gasteiger partial charge in [0.05, 0.1) is 31.1 Å². The Morgan fingerprint density at radius 2 is 2.08 bits per heavy atom. The van der Waals surface area contributed by atoms with Crippen molar-refractivity contribution < 1.29 is 5.11 Å². The van der Waals surface area contributed by atoms with Crippen LogP contribution in [0.3, 0.4) is 0 Å². The van der Waals surface area contributed by atoms with Gasteiger partial charge in [-0.2, -0.15) is 5.10 Å². The molecule has 0 aliphatic rings. The van der Waals surface area contributed by atoms with E-state index in [2.05, 4.69) is 49.6 Å². The van der Waals surface area contributed by atoms with E-state index in [1.807, 2.05) is 17.1 Å². The summed E-state index contributed by atoms with van der Waals surface area (Å²) in [7, 11) is 0. The first kappa shape index (κ1) is 16.2. The van der Waals surface area contributed by atoms with Crippen LogP contribution >= 0.6 is 0 Å². The zero-order valence-corrected chi connectivity index (χ0v) is 14.2. The molecule has 26 heavy (non-hydrogen) atoms. The predicted molar refractivity (Wildman–Crippen MR) is 97.5 cm³/mol. The first-order valence-electron chi connectivity index (χ1n) is 8.38. The van der Waals surface area contributed by atoms with Crippen LogP contribution in [0.5, 0.6) is 0 Å². The smallest absolute Gasteiger partial charge is 0.163 e. The number of hydrogen-bond acceptors (Lipinski definition) is 6. The molecule has 132 valence electrons. The molecule has 0 unspecified atom stereocenters. The van der Waals surface area contributed by atoms with E-state index in [4.69, 9.17) is 5.11 Å². The molecular formula is C18H19N7O. The van der Waals surface area contributed by atoms with Crippen LogP contribution < -0.4 is 5.32 Å². The second kappa shape index (κ2) is 7.32. The van der Waals surface area contributed by atoms with Crippen molar-refractivity contribution in [1.29, 1.82) is 0 Å². The largest absolute Gasteiger partial charge is 0.394 e. The predicted octanol–water partition coefficient (Wildman–Crippen LogP) is 1.68. The topological polar surface area (TPSA) is 93.7 Å². The zero-order valence-electron chi connectivity index (χ0n) is 14.2. The van der Waals surface area contributed by atoms with E-state index in [1.165, 1.54) is 11.9 Å². The van der Waals surface area contributed by atoms with Gasteiger partial charge in [-0.05, 0) is 11.1 Å². The standard InChI is InChI=1S/C18H19N7O/c26-7-6-25-18-16(10-23-25)17(21-12-22-18)20-9-14-2-1-3-15(8-14)11-24-5-4-19-13-24/h1-5,8,10,12-13,26H,6-7,9,11H2,(H,20,21,22). The van der Waals surface area contributed by atoms with E-state index in [1.54, 1.807) is 17.1 Å². The Bertz CT molecular complexity index is 994. The minimum absolute atomic E-state index is 0.0211. The molecule has 0 bridgehead atoms. The van der Waals surface area contributed by atoms with E-state index >= 15 is 0 Å². The average molecular weight is 349 g/mol. The summed E-state index contributed by atoms with van der Waals surface area (Å²) in [5.74, 6) is 0.735. The van der Waals surface area contributed by atoms with Gasteiger partial charge in [-0.1, -0.05) is 24.3 Å². The second-order valence-electron chi connectivity index (χ2n) is 5.96. The number of fused-ring (bicyclic) bond motifs is 1. The summed E-state index contributed by atoms with van der Waals surface area (Å²) in [4.78, 5) is 12.7. The molecule has 3 heterocycles. The van der Waals surface area contributed by atoms with Crippen LogP contribution in [0.2, 0.25) is 0 Å². The molecule has 4 rings (SSSR count). The van der Waals surface area contributed by atoms with Gasteiger partial charge in [0.1, 0.15) is 12.1 Å². The summed E-state index contributed by atoms with van der Waals surface area (Å²) in [5, 5.41) is 17.6. The van der Waals surface area contributed by atoms with E-state index in [9.17, 15) is 0 Å². The number of nitrogens with one attached hydrogen (secondary N) is 1. The summed E-state index contributed by atoms with van der Waals surface area (Å²) in [5.41, 5.74) is 3.09. The molecule has 4 aromatic rings. The Kier molecular flexibility index (Phi) is 4.57. The summed E-state index contributed by atoms with van der Waals surface area (Å²) >= 11 is 0. The van der Waals surface area contributed by atoms with Crippen LogP contribution in [0.4, 0.5) is 5.82 Å². The highest BCUT2D eigenvalue weighted by molar-refractivity contribution is 5.86. The van der Waals surface area contributed by atoms with Crippen LogP contribution in [0.1, 0.15) is 11.1 Å². The van der Waals surface area contributed by atoms with Gasteiger partial charge in [-0.3, -0.25) is 0 Å². The Balaban J connectivity index is 1.50. The summed E-state index contributed by atoms with van der Waals surface area (Å²) in [6.07, 6.45) is 8.78. The number of aromatic nitrogens is 6. The van der Waals surface area contributed by atoms with Crippen molar-refractivity contribution in [2.45, 2.75) is 19.6 Å². The van der Waals surface area contributed by atoms with Crippen LogP contribution in [-0.2, 0) is 19.6 Å². The number of imidazole rings is 1. The quantitative estimate of drug-likeness (QED) is 0.527. The number of aliphatic hydroxyl groups excluding tert-OH is 1. The molecule has 0 fully saturated rings. The minimum Gasteiger partial charge on any atom is -0.394 e. The molecule has 0 aliphatic heterocycles. The first-order valence-corrected chi connectivity index (χ1v) is 8.38. The number of nitrogens with zero attached hydrogens (tertiary/aromatic N) is 6. The fraction of sp³-hybridized carbons (Fsp3) is 0.222. The SMILES string of the molecule is OCCn1ncc2c(NCc3cccc(Cn4ccnc4)c3)ncnc21. The molecule has 8 nitrogen and oxygen atoms in total. The molecule has 0 aliphatic carbocycles. The summed E-state index contributed by atoms with van der Waals surface area (Å²) in [6, 6.07) is 8.40. The third-order valence-electron chi connectivity index (χ3n) is 4.12. The van der Waals surface area contributed by atoms with Gasteiger partial charge >= 0.3 is 0 Å². The molecule has 1 aromatic carbocycles. The average Bonchev–Trinajstić information content (AvgIpc) is 3.31. The van der Waals surface area contributed by atoms with Gasteiger partial charge in [0.25, 0.3) is 0 Å². The second-order valence-corrected chi connectivity index (χ2v) is 5.96. The van der Waals surface area contributed by atoms with Crippen LogP contribution in [0.15, 0.2) is 55.5 Å². The van der Waals surface area contributed by atoms with Crippen molar-refractivity contribution in [3.63, 3.8) is 0 Å². The van der Waals surface area contributed by atoms with Crippen LogP contribution in [0, 0.1) is 0 Å². The maximum absolute atomic E-state index is 9.11. The third kappa shape index (κ3) is 3.40. The third-order valence-corrected chi connectivity index (χ3v) is 4.12. The molecular weight excluding hydrogens is 330 g/mol. The summed E-state index contributed by atoms with van der Waals surface area (Å²) in [6.45, 7) is 1.87. The van der Waals surface area contributed by atoms with Gasteiger partial charge in [-0.15, -0.1) is 0 Å². The normalized spacial score (nSPS) is 11.1. The molecule has 3 aromatic heterocycles. The van der Waals surface area contributed by atoms with Crippen molar-refractivity contribution in [3.05, 3.63) is 66.6 Å². The minimum atomic E-state index is 0.0211. The lowest BCUT2D eigenvalue weighted by atomic mass is 10.1. The van der Waals surface area contributed by atoms with Gasteiger partial charge in [-0.25, -0.2) is 19.6 Å². The van der Waals surface area contributed by atoms with Crippen LogP contribution in [-0.4, -0.2) is 41.0 Å². The first-order chi connectivity index (χ1) is 12.8. The van der Waals surface area contributed by atoms with Crippen molar-refractivity contribution in [3.8, 4) is 0 Å². The lowest BCUT2D eigenvalue weighted by Crippen LogP contribution is -2.06. The maximum atomic E-state index is 9.11. The van der Waals surface area contributed by atoms with Gasteiger partial charge in [0.15, 0.2) is 5.65 Å². The number of benzene rings is 1. The van der Waals surface area contributed by atoms with Crippen molar-refractivity contribution in [1.82, 2.24) is 29.3 Å². The molecule has 0 radical (unpaired) electrons. The molecule has 0 spiro atoms. The Labute approximate surface area is 150 Å². The molecule has 8 heteroatoms. The monoisotopic (exact) mass is 349 g/mol. The Morgan fingerprint density at radius 1 is 1.15 bits per heavy atom. The highest BCUT2D eigenvalue weighted by atomic mass is 16.3. The van der Waals surface area contributed by atoms with Gasteiger partial charge < -0.3 is 15.0 Å². The van der Waals surface area contributed by atoms with Crippen molar-refractivity contribution in [2.24, 2.45) is 0 Å². The van der Waals surface area contributed by atoms with Crippen molar-refractivity contribution in [2.75, 3.05) is 11.9 Å². The molecule has 0 saturated heterocycles. The van der Waals surface area contributed by atoms with E-state index in [0.29, 0.717) is 18.7 Å². The van der Waals surface area contributed by atoms with E-state index in [-0.39, 0.29) is 6.61 Å². The zero-order chi connectivity index (χ0) is 17.8. The van der Waals surface area contributed by atoms with Crippen molar-refractivity contribution >= 4 is 16.9 Å². The van der Waals surface area contributed by atoms with Crippen LogP contribution in [0.25, 0.3) is 11.0 Å². The number of hydrogen-bond donors (Lipinski definition) is 2.